The van der Waals surface area contributed by atoms with Crippen LogP contribution in [0.3, 0.4) is 0 Å². The normalized spacial score (nSPS) is 15.1. The second-order valence-electron chi connectivity index (χ2n) is 5.07. The average molecular weight is 247 g/mol. The monoisotopic (exact) mass is 247 g/mol. The summed E-state index contributed by atoms with van der Waals surface area (Å²) < 4.78 is 0. The lowest BCUT2D eigenvalue weighted by atomic mass is 10.1. The number of benzene rings is 1. The summed E-state index contributed by atoms with van der Waals surface area (Å²) >= 11 is 0. The van der Waals surface area contributed by atoms with Gasteiger partial charge in [0.25, 0.3) is 5.91 Å². The lowest BCUT2D eigenvalue weighted by molar-refractivity contribution is 0.0943. The maximum atomic E-state index is 12.0. The fourth-order valence-corrected chi connectivity index (χ4v) is 1.97. The zero-order valence-corrected chi connectivity index (χ0v) is 11.3. The van der Waals surface area contributed by atoms with Crippen molar-refractivity contribution in [3.63, 3.8) is 0 Å². The molecule has 2 rings (SSSR count). The summed E-state index contributed by atoms with van der Waals surface area (Å²) in [6.07, 6.45) is 1.00. The van der Waals surface area contributed by atoms with E-state index in [0.717, 1.165) is 24.2 Å². The SMILES string of the molecule is C[C@H](CNC(=O)c1ccc2c(c1)CCN2)N(C)C. The predicted molar refractivity (Wildman–Crippen MR) is 74.1 cm³/mol. The van der Waals surface area contributed by atoms with Crippen LogP contribution in [0.1, 0.15) is 22.8 Å². The predicted octanol–water partition coefficient (Wildman–Crippen LogP) is 1.33. The summed E-state index contributed by atoms with van der Waals surface area (Å²) in [7, 11) is 4.02. The van der Waals surface area contributed by atoms with Crippen molar-refractivity contribution in [3.05, 3.63) is 29.3 Å². The first-order valence-electron chi connectivity index (χ1n) is 6.39. The number of carbonyl (C=O) groups is 1. The first-order chi connectivity index (χ1) is 8.58. The Morgan fingerprint density at radius 2 is 2.28 bits per heavy atom. The van der Waals surface area contributed by atoms with Crippen LogP contribution in [0, 0.1) is 0 Å². The zero-order valence-electron chi connectivity index (χ0n) is 11.3. The van der Waals surface area contributed by atoms with Crippen molar-refractivity contribution >= 4 is 11.6 Å². The van der Waals surface area contributed by atoms with E-state index in [0.29, 0.717) is 12.6 Å². The van der Waals surface area contributed by atoms with Crippen molar-refractivity contribution < 1.29 is 4.79 Å². The minimum Gasteiger partial charge on any atom is -0.384 e. The van der Waals surface area contributed by atoms with Crippen LogP contribution in [-0.4, -0.2) is 44.0 Å². The third-order valence-electron chi connectivity index (χ3n) is 3.52. The molecule has 0 unspecified atom stereocenters. The van der Waals surface area contributed by atoms with Gasteiger partial charge in [-0.25, -0.2) is 0 Å². The molecule has 1 aromatic rings. The standard InChI is InChI=1S/C14H21N3O/c1-10(17(2)3)9-16-14(18)12-4-5-13-11(8-12)6-7-15-13/h4-5,8,10,15H,6-7,9H2,1-3H3,(H,16,18)/t10-/m1/s1. The quantitative estimate of drug-likeness (QED) is 0.844. The topological polar surface area (TPSA) is 44.4 Å². The molecular formula is C14H21N3O. The third kappa shape index (κ3) is 2.82. The van der Waals surface area contributed by atoms with Crippen molar-refractivity contribution in [1.82, 2.24) is 10.2 Å². The molecule has 0 saturated carbocycles. The van der Waals surface area contributed by atoms with Crippen LogP contribution in [0.25, 0.3) is 0 Å². The molecule has 18 heavy (non-hydrogen) atoms. The molecule has 98 valence electrons. The van der Waals surface area contributed by atoms with Gasteiger partial charge in [0.2, 0.25) is 0 Å². The molecule has 4 heteroatoms. The number of nitrogens with zero attached hydrogens (tertiary/aromatic N) is 1. The van der Waals surface area contributed by atoms with Crippen LogP contribution in [0.15, 0.2) is 18.2 Å². The minimum absolute atomic E-state index is 0.0124. The van der Waals surface area contributed by atoms with Gasteiger partial charge in [-0.05, 0) is 51.2 Å². The lowest BCUT2D eigenvalue weighted by Crippen LogP contribution is -2.38. The number of fused-ring (bicyclic) bond motifs is 1. The molecule has 4 nitrogen and oxygen atoms in total. The van der Waals surface area contributed by atoms with Crippen LogP contribution in [0.2, 0.25) is 0 Å². The van der Waals surface area contributed by atoms with Crippen LogP contribution >= 0.6 is 0 Å². The first-order valence-corrected chi connectivity index (χ1v) is 6.39. The maximum Gasteiger partial charge on any atom is 0.251 e. The summed E-state index contributed by atoms with van der Waals surface area (Å²) in [4.78, 5) is 14.1. The number of nitrogens with one attached hydrogen (secondary N) is 2. The van der Waals surface area contributed by atoms with E-state index in [1.807, 2.05) is 32.3 Å². The zero-order chi connectivity index (χ0) is 13.1. The molecule has 1 amide bonds. The molecule has 2 N–H and O–H groups in total. The largest absolute Gasteiger partial charge is 0.384 e. The summed E-state index contributed by atoms with van der Waals surface area (Å²) in [5.41, 5.74) is 3.15. The molecule has 1 heterocycles. The van der Waals surface area contributed by atoms with Gasteiger partial charge in [-0.2, -0.15) is 0 Å². The van der Waals surface area contributed by atoms with E-state index >= 15 is 0 Å². The summed E-state index contributed by atoms with van der Waals surface area (Å²) in [5.74, 6) is 0.0124. The number of hydrogen-bond donors (Lipinski definition) is 2. The highest BCUT2D eigenvalue weighted by Gasteiger charge is 2.14. The van der Waals surface area contributed by atoms with Crippen LogP contribution < -0.4 is 10.6 Å². The molecule has 0 bridgehead atoms. The van der Waals surface area contributed by atoms with Crippen LogP contribution in [0.5, 0.6) is 0 Å². The van der Waals surface area contributed by atoms with Gasteiger partial charge in [-0.15, -0.1) is 0 Å². The molecular weight excluding hydrogens is 226 g/mol. The maximum absolute atomic E-state index is 12.0. The number of amides is 1. The van der Waals surface area contributed by atoms with E-state index < -0.39 is 0 Å². The Kier molecular flexibility index (Phi) is 3.87. The highest BCUT2D eigenvalue weighted by molar-refractivity contribution is 5.95. The van der Waals surface area contributed by atoms with Crippen molar-refractivity contribution in [2.75, 3.05) is 32.5 Å². The highest BCUT2D eigenvalue weighted by Crippen LogP contribution is 2.22. The van der Waals surface area contributed by atoms with E-state index in [2.05, 4.69) is 22.5 Å². The second kappa shape index (κ2) is 5.40. The molecule has 1 aliphatic heterocycles. The van der Waals surface area contributed by atoms with Crippen molar-refractivity contribution in [3.8, 4) is 0 Å². The number of likely N-dealkylation sites (N-methyl/N-ethyl adjacent to an activating group) is 1. The van der Waals surface area contributed by atoms with Gasteiger partial charge in [-0.1, -0.05) is 0 Å². The van der Waals surface area contributed by atoms with Gasteiger partial charge in [0.15, 0.2) is 0 Å². The number of carbonyl (C=O) groups excluding carboxylic acids is 1. The van der Waals surface area contributed by atoms with Crippen LogP contribution in [-0.2, 0) is 6.42 Å². The fourth-order valence-electron chi connectivity index (χ4n) is 1.97. The van der Waals surface area contributed by atoms with Crippen molar-refractivity contribution in [1.29, 1.82) is 0 Å². The fraction of sp³-hybridized carbons (Fsp3) is 0.500. The Bertz CT molecular complexity index is 443. The molecule has 1 atom stereocenters. The number of anilines is 1. The van der Waals surface area contributed by atoms with E-state index in [9.17, 15) is 4.79 Å². The number of hydrogen-bond acceptors (Lipinski definition) is 3. The Morgan fingerprint density at radius 1 is 1.50 bits per heavy atom. The summed E-state index contributed by atoms with van der Waals surface area (Å²) in [6, 6.07) is 6.20. The summed E-state index contributed by atoms with van der Waals surface area (Å²) in [6.45, 7) is 3.73. The van der Waals surface area contributed by atoms with Crippen molar-refractivity contribution in [2.45, 2.75) is 19.4 Å². The van der Waals surface area contributed by atoms with Crippen molar-refractivity contribution in [2.24, 2.45) is 0 Å². The lowest BCUT2D eigenvalue weighted by Gasteiger charge is -2.20. The van der Waals surface area contributed by atoms with E-state index in [1.165, 1.54) is 5.56 Å². The van der Waals surface area contributed by atoms with Gasteiger partial charge in [-0.3, -0.25) is 4.79 Å². The Morgan fingerprint density at radius 3 is 3.00 bits per heavy atom. The molecule has 0 saturated heterocycles. The van der Waals surface area contributed by atoms with Gasteiger partial charge in [0.1, 0.15) is 0 Å². The molecule has 0 spiro atoms. The smallest absolute Gasteiger partial charge is 0.251 e. The van der Waals surface area contributed by atoms with Gasteiger partial charge < -0.3 is 15.5 Å². The number of rotatable bonds is 4. The Hall–Kier alpha value is -1.55. The van der Waals surface area contributed by atoms with Gasteiger partial charge in [0.05, 0.1) is 0 Å². The average Bonchev–Trinajstić information content (AvgIpc) is 2.82. The Balaban J connectivity index is 1.97. The van der Waals surface area contributed by atoms with E-state index in [1.54, 1.807) is 0 Å². The summed E-state index contributed by atoms with van der Waals surface area (Å²) in [5, 5.41) is 6.26. The molecule has 0 aliphatic carbocycles. The minimum atomic E-state index is 0.0124. The second-order valence-corrected chi connectivity index (χ2v) is 5.07. The van der Waals surface area contributed by atoms with E-state index in [4.69, 9.17) is 0 Å². The molecule has 1 aromatic carbocycles. The molecule has 0 fully saturated rings. The molecule has 1 aliphatic rings. The Labute approximate surface area is 108 Å². The first kappa shape index (κ1) is 12.9. The third-order valence-corrected chi connectivity index (χ3v) is 3.52. The van der Waals surface area contributed by atoms with Crippen LogP contribution in [0.4, 0.5) is 5.69 Å². The van der Waals surface area contributed by atoms with E-state index in [-0.39, 0.29) is 5.91 Å². The highest BCUT2D eigenvalue weighted by atomic mass is 16.1. The molecule has 0 aromatic heterocycles. The van der Waals surface area contributed by atoms with Gasteiger partial charge in [0, 0.05) is 30.4 Å². The van der Waals surface area contributed by atoms with Gasteiger partial charge >= 0.3 is 0 Å². The molecule has 0 radical (unpaired) electrons.